The zero-order chi connectivity index (χ0) is 25.5. The van der Waals surface area contributed by atoms with E-state index in [0.717, 1.165) is 65.7 Å². The quantitative estimate of drug-likeness (QED) is 0.401. The van der Waals surface area contributed by atoms with Gasteiger partial charge < -0.3 is 9.47 Å². The smallest absolute Gasteiger partial charge is 0.165 e. The molecule has 4 aromatic rings. The molecule has 1 saturated heterocycles. The number of aliphatic imine (C=N–C) groups is 1. The number of piperidine rings is 1. The lowest BCUT2D eigenvalue weighted by atomic mass is 9.98. The molecule has 0 aliphatic carbocycles. The lowest BCUT2D eigenvalue weighted by Gasteiger charge is -2.34. The van der Waals surface area contributed by atoms with Gasteiger partial charge in [-0.1, -0.05) is 30.3 Å². The molecular formula is C27H33N9O. The van der Waals surface area contributed by atoms with E-state index in [-0.39, 0.29) is 12.1 Å². The highest BCUT2D eigenvalue weighted by molar-refractivity contribution is 5.99. The van der Waals surface area contributed by atoms with Crippen molar-refractivity contribution in [3.8, 4) is 11.4 Å². The fourth-order valence-electron chi connectivity index (χ4n) is 5.22. The number of fused-ring (bicyclic) bond motifs is 1. The van der Waals surface area contributed by atoms with Crippen molar-refractivity contribution in [3.63, 3.8) is 0 Å². The Balaban J connectivity index is 1.13. The van der Waals surface area contributed by atoms with Crippen molar-refractivity contribution in [2.75, 3.05) is 24.6 Å². The number of hydroxylamine groups is 2. The molecule has 0 spiro atoms. The average Bonchev–Trinajstić information content (AvgIpc) is 3.59. The zero-order valence-electron chi connectivity index (χ0n) is 21.8. The minimum atomic E-state index is 0.201. The van der Waals surface area contributed by atoms with Gasteiger partial charge in [0, 0.05) is 38.9 Å². The normalized spacial score (nSPS) is 20.7. The second-order valence-corrected chi connectivity index (χ2v) is 10.1. The van der Waals surface area contributed by atoms with E-state index in [2.05, 4.69) is 45.9 Å². The highest BCUT2D eigenvalue weighted by atomic mass is 16.7. The van der Waals surface area contributed by atoms with Gasteiger partial charge in [-0.2, -0.15) is 5.10 Å². The van der Waals surface area contributed by atoms with Gasteiger partial charge in [0.15, 0.2) is 22.8 Å². The number of anilines is 1. The third-order valence-corrected chi connectivity index (χ3v) is 7.60. The summed E-state index contributed by atoms with van der Waals surface area (Å²) in [5, 5.41) is 6.32. The van der Waals surface area contributed by atoms with Gasteiger partial charge in [-0.05, 0) is 32.6 Å². The predicted molar refractivity (Wildman–Crippen MR) is 143 cm³/mol. The van der Waals surface area contributed by atoms with Crippen LogP contribution >= 0.6 is 0 Å². The van der Waals surface area contributed by atoms with Crippen LogP contribution in [-0.2, 0) is 18.9 Å². The molecule has 6 rings (SSSR count). The molecule has 0 radical (unpaired) electrons. The van der Waals surface area contributed by atoms with Gasteiger partial charge in [-0.15, -0.1) is 0 Å². The van der Waals surface area contributed by atoms with Crippen LogP contribution in [0.1, 0.15) is 32.3 Å². The Hall–Kier alpha value is -3.79. The number of hydrogen-bond donors (Lipinski definition) is 0. The van der Waals surface area contributed by atoms with Gasteiger partial charge in [-0.3, -0.25) is 14.5 Å². The summed E-state index contributed by atoms with van der Waals surface area (Å²) in [6.07, 6.45) is 7.50. The molecule has 192 valence electrons. The largest absolute Gasteiger partial charge is 0.355 e. The highest BCUT2D eigenvalue weighted by Crippen LogP contribution is 2.31. The summed E-state index contributed by atoms with van der Waals surface area (Å²) in [6, 6.07) is 10.7. The molecule has 5 heterocycles. The summed E-state index contributed by atoms with van der Waals surface area (Å²) in [6.45, 7) is 6.83. The Morgan fingerprint density at radius 1 is 1.00 bits per heavy atom. The number of rotatable bonds is 6. The van der Waals surface area contributed by atoms with E-state index in [1.165, 1.54) is 0 Å². The lowest BCUT2D eigenvalue weighted by molar-refractivity contribution is -0.132. The molecular weight excluding hydrogens is 466 g/mol. The molecule has 37 heavy (non-hydrogen) atoms. The van der Waals surface area contributed by atoms with Gasteiger partial charge in [0.25, 0.3) is 0 Å². The average molecular weight is 500 g/mol. The van der Waals surface area contributed by atoms with E-state index in [1.54, 1.807) is 11.0 Å². The topological polar surface area (TPSA) is 89.5 Å². The van der Waals surface area contributed by atoms with Gasteiger partial charge in [0.1, 0.15) is 12.2 Å². The second-order valence-electron chi connectivity index (χ2n) is 10.1. The standard InChI is InChI=1S/C27H33N9O/c1-18-19(2)36(25(31-18)21-8-6-5-7-9-21)37-16-20-10-12-35(13-11-20)27-23-26(28-17-29-27)34(4)24(32-23)22-14-30-33(3)15-22/h5-9,14-15,17-20H,10-13,16H2,1-4H3. The summed E-state index contributed by atoms with van der Waals surface area (Å²) in [5.41, 5.74) is 3.73. The first-order chi connectivity index (χ1) is 18.0. The third kappa shape index (κ3) is 4.35. The molecule has 1 fully saturated rings. The lowest BCUT2D eigenvalue weighted by Crippen LogP contribution is -2.41. The highest BCUT2D eigenvalue weighted by Gasteiger charge is 2.33. The van der Waals surface area contributed by atoms with E-state index < -0.39 is 0 Å². The Kier molecular flexibility index (Phi) is 6.11. The number of nitrogens with zero attached hydrogens (tertiary/aromatic N) is 9. The number of aromatic nitrogens is 6. The minimum Gasteiger partial charge on any atom is -0.355 e. The maximum absolute atomic E-state index is 6.41. The molecule has 2 aliphatic heterocycles. The zero-order valence-corrected chi connectivity index (χ0v) is 21.8. The van der Waals surface area contributed by atoms with Crippen molar-refractivity contribution in [1.82, 2.24) is 34.4 Å². The molecule has 0 N–H and O–H groups in total. The van der Waals surface area contributed by atoms with Crippen molar-refractivity contribution in [2.24, 2.45) is 25.0 Å². The van der Waals surface area contributed by atoms with Crippen molar-refractivity contribution in [3.05, 3.63) is 54.6 Å². The third-order valence-electron chi connectivity index (χ3n) is 7.60. The van der Waals surface area contributed by atoms with Crippen molar-refractivity contribution in [1.29, 1.82) is 0 Å². The van der Waals surface area contributed by atoms with Crippen LogP contribution in [0, 0.1) is 5.92 Å². The van der Waals surface area contributed by atoms with Gasteiger partial charge >= 0.3 is 0 Å². The fraction of sp³-hybridized carbons (Fsp3) is 0.444. The van der Waals surface area contributed by atoms with E-state index in [1.807, 2.05) is 54.3 Å². The molecule has 0 amide bonds. The molecule has 0 saturated carbocycles. The molecule has 2 aliphatic rings. The minimum absolute atomic E-state index is 0.201. The predicted octanol–water partition coefficient (Wildman–Crippen LogP) is 3.45. The van der Waals surface area contributed by atoms with Crippen LogP contribution in [0.5, 0.6) is 0 Å². The Bertz CT molecular complexity index is 1420. The van der Waals surface area contributed by atoms with Gasteiger partial charge in [0.05, 0.1) is 30.5 Å². The van der Waals surface area contributed by atoms with Gasteiger partial charge in [-0.25, -0.2) is 20.0 Å². The van der Waals surface area contributed by atoms with E-state index in [0.29, 0.717) is 12.5 Å². The van der Waals surface area contributed by atoms with Crippen LogP contribution in [0.3, 0.4) is 0 Å². The summed E-state index contributed by atoms with van der Waals surface area (Å²) < 4.78 is 3.80. The summed E-state index contributed by atoms with van der Waals surface area (Å²) in [5.74, 6) is 3.15. The number of imidazole rings is 1. The Morgan fingerprint density at radius 3 is 2.51 bits per heavy atom. The first-order valence-electron chi connectivity index (χ1n) is 13.0. The Labute approximate surface area is 216 Å². The molecule has 1 aromatic carbocycles. The number of hydrogen-bond acceptors (Lipinski definition) is 8. The second kappa shape index (κ2) is 9.59. The van der Waals surface area contributed by atoms with Crippen molar-refractivity contribution < 1.29 is 4.84 Å². The molecule has 10 nitrogen and oxygen atoms in total. The maximum atomic E-state index is 6.41. The molecule has 2 atom stereocenters. The molecule has 3 aromatic heterocycles. The SMILES string of the molecule is CC1N=C(c2ccccc2)N(OCC2CCN(c3ncnc4c3nc(-c3cnn(C)c3)n4C)CC2)C1C. The van der Waals surface area contributed by atoms with E-state index >= 15 is 0 Å². The molecule has 10 heteroatoms. The number of amidine groups is 1. The van der Waals surface area contributed by atoms with Crippen LogP contribution in [0.4, 0.5) is 5.82 Å². The first kappa shape index (κ1) is 23.6. The van der Waals surface area contributed by atoms with Gasteiger partial charge in [0.2, 0.25) is 0 Å². The van der Waals surface area contributed by atoms with Crippen LogP contribution < -0.4 is 4.90 Å². The van der Waals surface area contributed by atoms with E-state index in [4.69, 9.17) is 14.8 Å². The molecule has 2 unspecified atom stereocenters. The van der Waals surface area contributed by atoms with E-state index in [9.17, 15) is 0 Å². The first-order valence-corrected chi connectivity index (χ1v) is 13.0. The van der Waals surface area contributed by atoms with Crippen molar-refractivity contribution >= 4 is 22.8 Å². The summed E-state index contributed by atoms with van der Waals surface area (Å²) in [4.78, 5) is 27.7. The van der Waals surface area contributed by atoms with Crippen LogP contribution in [0.2, 0.25) is 0 Å². The summed E-state index contributed by atoms with van der Waals surface area (Å²) in [7, 11) is 3.90. The monoisotopic (exact) mass is 499 g/mol. The molecule has 0 bridgehead atoms. The summed E-state index contributed by atoms with van der Waals surface area (Å²) >= 11 is 0. The van der Waals surface area contributed by atoms with Crippen LogP contribution in [-0.4, -0.2) is 72.0 Å². The maximum Gasteiger partial charge on any atom is 0.165 e. The van der Waals surface area contributed by atoms with Crippen molar-refractivity contribution in [2.45, 2.75) is 38.8 Å². The number of benzene rings is 1. The number of aryl methyl sites for hydroxylation is 2. The van der Waals surface area contributed by atoms with Crippen LogP contribution in [0.15, 0.2) is 54.0 Å². The fourth-order valence-corrected chi connectivity index (χ4v) is 5.22. The Morgan fingerprint density at radius 2 is 1.78 bits per heavy atom. The van der Waals surface area contributed by atoms with Crippen LogP contribution in [0.25, 0.3) is 22.6 Å².